The molecule has 2 aliphatic rings. The average Bonchev–Trinajstić information content (AvgIpc) is 2.84. The summed E-state index contributed by atoms with van der Waals surface area (Å²) < 4.78 is 12.7. The van der Waals surface area contributed by atoms with Gasteiger partial charge >= 0.3 is 12.2 Å². The first-order valence-electron chi connectivity index (χ1n) is 12.4. The van der Waals surface area contributed by atoms with E-state index in [-0.39, 0.29) is 24.3 Å². The van der Waals surface area contributed by atoms with Crippen molar-refractivity contribution in [2.75, 3.05) is 0 Å². The molecule has 6 nitrogen and oxygen atoms in total. The van der Waals surface area contributed by atoms with Crippen LogP contribution in [0.1, 0.15) is 57.8 Å². The van der Waals surface area contributed by atoms with Crippen LogP contribution >= 0.6 is 31.9 Å². The molecule has 2 fully saturated rings. The van der Waals surface area contributed by atoms with Gasteiger partial charge in [-0.3, -0.25) is 0 Å². The highest BCUT2D eigenvalue weighted by Crippen LogP contribution is 2.35. The fraction of sp³-hybridized carbons (Fsp3) is 0.481. The van der Waals surface area contributed by atoms with Gasteiger partial charge in [0.1, 0.15) is 11.5 Å². The van der Waals surface area contributed by atoms with Crippen molar-refractivity contribution in [2.24, 2.45) is 11.8 Å². The predicted molar refractivity (Wildman–Crippen MR) is 143 cm³/mol. The molecule has 2 aromatic carbocycles. The number of hydrogen-bond acceptors (Lipinski definition) is 4. The third-order valence-corrected chi connectivity index (χ3v) is 8.11. The number of carbonyl (C=O) groups is 2. The zero-order chi connectivity index (χ0) is 24.6. The lowest BCUT2D eigenvalue weighted by Gasteiger charge is -2.34. The maximum absolute atomic E-state index is 12.2. The van der Waals surface area contributed by atoms with Crippen LogP contribution in [-0.2, 0) is 0 Å². The van der Waals surface area contributed by atoms with Crippen molar-refractivity contribution >= 4 is 44.0 Å². The molecule has 188 valence electrons. The van der Waals surface area contributed by atoms with E-state index in [4.69, 9.17) is 9.47 Å². The smallest absolute Gasteiger partial charge is 0.410 e. The second-order valence-electron chi connectivity index (χ2n) is 9.65. The fourth-order valence-electron chi connectivity index (χ4n) is 5.17. The number of rotatable bonds is 6. The van der Waals surface area contributed by atoms with Crippen molar-refractivity contribution in [1.82, 2.24) is 10.6 Å². The van der Waals surface area contributed by atoms with Gasteiger partial charge in [-0.05, 0) is 118 Å². The molecule has 0 saturated heterocycles. The highest BCUT2D eigenvalue weighted by molar-refractivity contribution is 9.10. The van der Waals surface area contributed by atoms with Crippen molar-refractivity contribution in [2.45, 2.75) is 69.9 Å². The summed E-state index contributed by atoms with van der Waals surface area (Å²) in [4.78, 5) is 24.4. The van der Waals surface area contributed by atoms with Crippen LogP contribution in [0.3, 0.4) is 0 Å². The summed E-state index contributed by atoms with van der Waals surface area (Å²) in [6.07, 6.45) is 9.05. The van der Waals surface area contributed by atoms with Gasteiger partial charge in [0.2, 0.25) is 0 Å². The Balaban J connectivity index is 1.10. The Bertz CT molecular complexity index is 888. The minimum absolute atomic E-state index is 0.186. The Morgan fingerprint density at radius 1 is 0.629 bits per heavy atom. The summed E-state index contributed by atoms with van der Waals surface area (Å²) in [5.41, 5.74) is 0. The van der Waals surface area contributed by atoms with Crippen LogP contribution < -0.4 is 20.1 Å². The summed E-state index contributed by atoms with van der Waals surface area (Å²) >= 11 is 6.76. The van der Waals surface area contributed by atoms with Gasteiger partial charge < -0.3 is 20.1 Å². The number of amides is 2. The molecular formula is C27H32Br2N2O4. The lowest BCUT2D eigenvalue weighted by atomic mass is 9.76. The summed E-state index contributed by atoms with van der Waals surface area (Å²) in [6.45, 7) is 0. The third-order valence-electron chi connectivity index (χ3n) is 7.05. The Hall–Kier alpha value is -2.06. The largest absolute Gasteiger partial charge is 0.412 e. The molecule has 0 aliphatic heterocycles. The minimum atomic E-state index is -0.375. The van der Waals surface area contributed by atoms with E-state index in [1.807, 2.05) is 24.3 Å². The summed E-state index contributed by atoms with van der Waals surface area (Å²) in [5, 5.41) is 6.05. The molecule has 0 atom stereocenters. The number of hydrogen-bond donors (Lipinski definition) is 2. The summed E-state index contributed by atoms with van der Waals surface area (Å²) in [7, 11) is 0. The first-order valence-corrected chi connectivity index (χ1v) is 14.0. The summed E-state index contributed by atoms with van der Waals surface area (Å²) in [6, 6.07) is 14.9. The number of ether oxygens (including phenoxy) is 2. The first kappa shape index (κ1) is 26.0. The molecule has 2 aliphatic carbocycles. The Kier molecular flexibility index (Phi) is 9.49. The molecule has 0 spiro atoms. The number of benzene rings is 2. The quantitative estimate of drug-likeness (QED) is 0.354. The van der Waals surface area contributed by atoms with Crippen LogP contribution in [0.4, 0.5) is 9.59 Å². The van der Waals surface area contributed by atoms with Crippen LogP contribution in [0.2, 0.25) is 0 Å². The molecule has 35 heavy (non-hydrogen) atoms. The van der Waals surface area contributed by atoms with E-state index in [9.17, 15) is 9.59 Å². The maximum Gasteiger partial charge on any atom is 0.412 e. The Morgan fingerprint density at radius 3 is 1.31 bits per heavy atom. The van der Waals surface area contributed by atoms with Crippen LogP contribution in [0, 0.1) is 11.8 Å². The van der Waals surface area contributed by atoms with E-state index >= 15 is 0 Å². The van der Waals surface area contributed by atoms with Crippen molar-refractivity contribution in [3.63, 3.8) is 0 Å². The molecule has 8 heteroatoms. The van der Waals surface area contributed by atoms with Gasteiger partial charge in [0.05, 0.1) is 0 Å². The maximum atomic E-state index is 12.2. The van der Waals surface area contributed by atoms with Crippen molar-refractivity contribution in [3.05, 3.63) is 57.5 Å². The van der Waals surface area contributed by atoms with Crippen molar-refractivity contribution < 1.29 is 19.1 Å². The van der Waals surface area contributed by atoms with Gasteiger partial charge in [0.15, 0.2) is 0 Å². The molecule has 2 N–H and O–H groups in total. The van der Waals surface area contributed by atoms with Gasteiger partial charge in [0, 0.05) is 21.0 Å². The lowest BCUT2D eigenvalue weighted by molar-refractivity contribution is 0.175. The SMILES string of the molecule is O=C(NC1CCC(CC2CCC(NC(=O)Oc3ccc(Br)cc3)CC2)CC1)Oc1ccc(Br)cc1. The zero-order valence-electron chi connectivity index (χ0n) is 19.7. The lowest BCUT2D eigenvalue weighted by Crippen LogP contribution is -2.40. The molecule has 0 unspecified atom stereocenters. The Morgan fingerprint density at radius 2 is 0.971 bits per heavy atom. The molecule has 0 radical (unpaired) electrons. The highest BCUT2D eigenvalue weighted by atomic mass is 79.9. The van der Waals surface area contributed by atoms with Crippen LogP contribution in [0.5, 0.6) is 11.5 Å². The molecule has 2 amide bonds. The highest BCUT2D eigenvalue weighted by Gasteiger charge is 2.28. The van der Waals surface area contributed by atoms with Crippen molar-refractivity contribution in [3.8, 4) is 11.5 Å². The molecule has 0 heterocycles. The first-order chi connectivity index (χ1) is 16.9. The predicted octanol–water partition coefficient (Wildman–Crippen LogP) is 7.60. The van der Waals surface area contributed by atoms with Crippen LogP contribution in [0.25, 0.3) is 0 Å². The molecular weight excluding hydrogens is 576 g/mol. The summed E-state index contributed by atoms with van der Waals surface area (Å²) in [5.74, 6) is 2.52. The van der Waals surface area contributed by atoms with E-state index in [0.29, 0.717) is 23.3 Å². The molecule has 4 rings (SSSR count). The second-order valence-corrected chi connectivity index (χ2v) is 11.5. The van der Waals surface area contributed by atoms with E-state index in [1.165, 1.54) is 6.42 Å². The molecule has 0 bridgehead atoms. The van der Waals surface area contributed by atoms with E-state index < -0.39 is 0 Å². The fourth-order valence-corrected chi connectivity index (χ4v) is 5.70. The topological polar surface area (TPSA) is 76.7 Å². The standard InChI is InChI=1S/C27H32Br2N2O4/c28-20-5-13-24(14-6-20)34-26(32)30-22-9-1-18(2-10-22)17-19-3-11-23(12-4-19)31-27(33)35-25-15-7-21(29)8-16-25/h5-8,13-16,18-19,22-23H,1-4,9-12,17H2,(H,30,32)(H,31,33). The zero-order valence-corrected chi connectivity index (χ0v) is 22.9. The van der Waals surface area contributed by atoms with E-state index in [0.717, 1.165) is 60.3 Å². The number of halogens is 2. The average molecular weight is 608 g/mol. The van der Waals surface area contributed by atoms with Gasteiger partial charge in [-0.1, -0.05) is 31.9 Å². The molecule has 2 aromatic rings. The second kappa shape index (κ2) is 12.8. The van der Waals surface area contributed by atoms with Gasteiger partial charge in [-0.25, -0.2) is 9.59 Å². The van der Waals surface area contributed by atoms with Crippen molar-refractivity contribution in [1.29, 1.82) is 0 Å². The normalized spacial score (nSPS) is 24.3. The van der Waals surface area contributed by atoms with E-state index in [2.05, 4.69) is 42.5 Å². The van der Waals surface area contributed by atoms with Crippen LogP contribution in [0.15, 0.2) is 57.5 Å². The molecule has 0 aromatic heterocycles. The monoisotopic (exact) mass is 606 g/mol. The van der Waals surface area contributed by atoms with Gasteiger partial charge in [-0.2, -0.15) is 0 Å². The van der Waals surface area contributed by atoms with Gasteiger partial charge in [-0.15, -0.1) is 0 Å². The van der Waals surface area contributed by atoms with Crippen LogP contribution in [-0.4, -0.2) is 24.3 Å². The minimum Gasteiger partial charge on any atom is -0.410 e. The molecule has 2 saturated carbocycles. The number of nitrogens with one attached hydrogen (secondary N) is 2. The Labute approximate surface area is 223 Å². The van der Waals surface area contributed by atoms with E-state index in [1.54, 1.807) is 24.3 Å². The van der Waals surface area contributed by atoms with Gasteiger partial charge in [0.25, 0.3) is 0 Å². The third kappa shape index (κ3) is 8.53. The number of carbonyl (C=O) groups excluding carboxylic acids is 2.